The minimum absolute atomic E-state index is 0.431. The molecule has 1 aromatic rings. The van der Waals surface area contributed by atoms with Gasteiger partial charge in [-0.1, -0.05) is 18.0 Å². The zero-order chi connectivity index (χ0) is 14.2. The van der Waals surface area contributed by atoms with Crippen LogP contribution >= 0.6 is 11.6 Å². The van der Waals surface area contributed by atoms with Gasteiger partial charge in [0.15, 0.2) is 11.5 Å². The third-order valence-electron chi connectivity index (χ3n) is 3.88. The quantitative estimate of drug-likeness (QED) is 0.923. The molecule has 1 saturated carbocycles. The van der Waals surface area contributed by atoms with Crippen LogP contribution in [-0.2, 0) is 10.2 Å². The Kier molecular flexibility index (Phi) is 3.63. The second-order valence-electron chi connectivity index (χ2n) is 4.86. The van der Waals surface area contributed by atoms with Gasteiger partial charge in [0.05, 0.1) is 24.7 Å². The molecule has 0 aromatic heterocycles. The van der Waals surface area contributed by atoms with E-state index in [9.17, 15) is 9.90 Å². The first-order chi connectivity index (χ1) is 8.97. The summed E-state index contributed by atoms with van der Waals surface area (Å²) >= 11 is 6.35. The fourth-order valence-corrected chi connectivity index (χ4v) is 2.95. The van der Waals surface area contributed by atoms with E-state index in [0.717, 1.165) is 12.0 Å². The number of hydrogen-bond donors (Lipinski definition) is 1. The Balaban J connectivity index is 2.73. The Morgan fingerprint density at radius 3 is 2.37 bits per heavy atom. The van der Waals surface area contributed by atoms with Gasteiger partial charge in [-0.3, -0.25) is 4.79 Å². The van der Waals surface area contributed by atoms with E-state index in [4.69, 9.17) is 21.1 Å². The highest BCUT2D eigenvalue weighted by molar-refractivity contribution is 6.33. The van der Waals surface area contributed by atoms with Gasteiger partial charge in [-0.25, -0.2) is 0 Å². The molecule has 1 fully saturated rings. The zero-order valence-electron chi connectivity index (χ0n) is 11.2. The van der Waals surface area contributed by atoms with E-state index >= 15 is 0 Å². The minimum atomic E-state index is -0.943. The number of carbonyl (C=O) groups is 1. The second kappa shape index (κ2) is 4.93. The van der Waals surface area contributed by atoms with Crippen LogP contribution < -0.4 is 9.47 Å². The van der Waals surface area contributed by atoms with E-state index in [-0.39, 0.29) is 0 Å². The predicted octanol–water partition coefficient (Wildman–Crippen LogP) is 3.17. The highest BCUT2D eigenvalue weighted by Gasteiger charge is 2.50. The molecule has 0 unspecified atom stereocenters. The summed E-state index contributed by atoms with van der Waals surface area (Å²) < 4.78 is 10.6. The van der Waals surface area contributed by atoms with Crippen LogP contribution in [0, 0.1) is 6.92 Å². The van der Waals surface area contributed by atoms with Crippen molar-refractivity contribution in [1.82, 2.24) is 0 Å². The zero-order valence-corrected chi connectivity index (χ0v) is 12.0. The third kappa shape index (κ3) is 1.94. The smallest absolute Gasteiger partial charge is 0.314 e. The summed E-state index contributed by atoms with van der Waals surface area (Å²) in [6.45, 7) is 1.84. The first-order valence-corrected chi connectivity index (χ1v) is 6.50. The average Bonchev–Trinajstić information content (AvgIpc) is 2.32. The number of carboxylic acid groups (broad SMARTS) is 1. The van der Waals surface area contributed by atoms with Crippen LogP contribution in [0.25, 0.3) is 0 Å². The fraction of sp³-hybridized carbons (Fsp3) is 0.500. The van der Waals surface area contributed by atoms with Gasteiger partial charge in [-0.2, -0.15) is 0 Å². The highest BCUT2D eigenvalue weighted by Crippen LogP contribution is 2.53. The van der Waals surface area contributed by atoms with E-state index in [2.05, 4.69) is 0 Å². The average molecular weight is 285 g/mol. The number of halogens is 1. The van der Waals surface area contributed by atoms with Crippen molar-refractivity contribution in [3.63, 3.8) is 0 Å². The summed E-state index contributed by atoms with van der Waals surface area (Å²) in [6.07, 6.45) is 2.03. The summed E-state index contributed by atoms with van der Waals surface area (Å²) in [7, 11) is 3.03. The molecule has 5 heteroatoms. The van der Waals surface area contributed by atoms with Crippen LogP contribution in [0.4, 0.5) is 0 Å². The van der Waals surface area contributed by atoms with Crippen LogP contribution in [-0.4, -0.2) is 25.3 Å². The lowest BCUT2D eigenvalue weighted by atomic mass is 9.64. The molecule has 0 saturated heterocycles. The maximum Gasteiger partial charge on any atom is 0.314 e. The topological polar surface area (TPSA) is 55.8 Å². The van der Waals surface area contributed by atoms with Crippen LogP contribution in [0.1, 0.15) is 30.4 Å². The van der Waals surface area contributed by atoms with Crippen molar-refractivity contribution < 1.29 is 19.4 Å². The van der Waals surface area contributed by atoms with Gasteiger partial charge >= 0.3 is 5.97 Å². The van der Waals surface area contributed by atoms with Crippen molar-refractivity contribution in [3.8, 4) is 11.5 Å². The van der Waals surface area contributed by atoms with Crippen molar-refractivity contribution in [1.29, 1.82) is 0 Å². The van der Waals surface area contributed by atoms with Crippen molar-refractivity contribution in [3.05, 3.63) is 22.2 Å². The normalized spacial score (nSPS) is 16.6. The number of benzene rings is 1. The first-order valence-electron chi connectivity index (χ1n) is 6.13. The van der Waals surface area contributed by atoms with Gasteiger partial charge in [0.25, 0.3) is 0 Å². The molecule has 0 radical (unpaired) electrons. The van der Waals surface area contributed by atoms with Gasteiger partial charge in [0.2, 0.25) is 0 Å². The van der Waals surface area contributed by atoms with Crippen LogP contribution in [0.15, 0.2) is 6.07 Å². The van der Waals surface area contributed by atoms with Crippen molar-refractivity contribution in [2.75, 3.05) is 14.2 Å². The monoisotopic (exact) mass is 284 g/mol. The summed E-state index contributed by atoms with van der Waals surface area (Å²) in [5.74, 6) is 0.0960. The van der Waals surface area contributed by atoms with Gasteiger partial charge < -0.3 is 14.6 Å². The summed E-state index contributed by atoms with van der Waals surface area (Å²) in [5.41, 5.74) is 0.399. The summed E-state index contributed by atoms with van der Waals surface area (Å²) in [4.78, 5) is 11.7. The number of rotatable bonds is 4. The van der Waals surface area contributed by atoms with Crippen molar-refractivity contribution in [2.45, 2.75) is 31.6 Å². The predicted molar refractivity (Wildman–Crippen MR) is 72.5 cm³/mol. The molecule has 4 nitrogen and oxygen atoms in total. The van der Waals surface area contributed by atoms with Crippen LogP contribution in [0.2, 0.25) is 5.02 Å². The lowest BCUT2D eigenvalue weighted by molar-refractivity contribution is -0.147. The van der Waals surface area contributed by atoms with E-state index in [1.54, 1.807) is 6.07 Å². The maximum atomic E-state index is 11.7. The number of carboxylic acids is 1. The Morgan fingerprint density at radius 2 is 2.00 bits per heavy atom. The van der Waals surface area contributed by atoms with Crippen molar-refractivity contribution in [2.24, 2.45) is 0 Å². The molecule has 19 heavy (non-hydrogen) atoms. The molecule has 1 aliphatic rings. The lowest BCUT2D eigenvalue weighted by Gasteiger charge is -2.39. The SMILES string of the molecule is COc1cc(C)c(Cl)c(C2(C(=O)O)CCC2)c1OC. The Bertz CT molecular complexity index is 521. The molecule has 0 aliphatic heterocycles. The van der Waals surface area contributed by atoms with E-state index in [1.165, 1.54) is 14.2 Å². The largest absolute Gasteiger partial charge is 0.493 e. The van der Waals surface area contributed by atoms with Crippen LogP contribution in [0.3, 0.4) is 0 Å². The third-order valence-corrected chi connectivity index (χ3v) is 4.37. The lowest BCUT2D eigenvalue weighted by Crippen LogP contribution is -2.43. The molecule has 1 N–H and O–H groups in total. The van der Waals surface area contributed by atoms with Crippen molar-refractivity contribution >= 4 is 17.6 Å². The number of ether oxygens (including phenoxy) is 2. The molecule has 1 aliphatic carbocycles. The summed E-state index contributed by atoms with van der Waals surface area (Å²) in [6, 6.07) is 1.76. The number of hydrogen-bond acceptors (Lipinski definition) is 3. The molecule has 0 atom stereocenters. The molecule has 0 bridgehead atoms. The molecule has 0 spiro atoms. The molecule has 0 amide bonds. The standard InChI is InChI=1S/C14H17ClO4/c1-8-7-9(18-2)12(19-3)10(11(8)15)14(13(16)17)5-4-6-14/h7H,4-6H2,1-3H3,(H,16,17). The van der Waals surface area contributed by atoms with Gasteiger partial charge in [0.1, 0.15) is 0 Å². The molecule has 104 valence electrons. The molecular formula is C14H17ClO4. The maximum absolute atomic E-state index is 11.7. The molecule has 2 rings (SSSR count). The number of methoxy groups -OCH3 is 2. The van der Waals surface area contributed by atoms with E-state index < -0.39 is 11.4 Å². The van der Waals surface area contributed by atoms with Crippen LogP contribution in [0.5, 0.6) is 11.5 Å². The molecular weight excluding hydrogens is 268 g/mol. The first kappa shape index (κ1) is 14.0. The number of aliphatic carboxylic acids is 1. The molecule has 0 heterocycles. The number of aryl methyl sites for hydroxylation is 1. The highest BCUT2D eigenvalue weighted by atomic mass is 35.5. The van der Waals surface area contributed by atoms with Gasteiger partial charge in [-0.05, 0) is 31.4 Å². The van der Waals surface area contributed by atoms with Gasteiger partial charge in [-0.15, -0.1) is 0 Å². The van der Waals surface area contributed by atoms with E-state index in [0.29, 0.717) is 34.9 Å². The summed E-state index contributed by atoms with van der Waals surface area (Å²) in [5, 5.41) is 10.0. The Hall–Kier alpha value is -1.42. The Morgan fingerprint density at radius 1 is 1.37 bits per heavy atom. The molecule has 1 aromatic carbocycles. The second-order valence-corrected chi connectivity index (χ2v) is 5.24. The van der Waals surface area contributed by atoms with E-state index in [1.807, 2.05) is 6.92 Å². The fourth-order valence-electron chi connectivity index (χ4n) is 2.63. The van der Waals surface area contributed by atoms with Gasteiger partial charge in [0, 0.05) is 5.56 Å². The Labute approximate surface area is 117 Å². The minimum Gasteiger partial charge on any atom is -0.493 e.